The van der Waals surface area contributed by atoms with Crippen molar-refractivity contribution in [3.8, 4) is 0 Å². The summed E-state index contributed by atoms with van der Waals surface area (Å²) in [6, 6.07) is 8.18. The number of carbonyl (C=O) groups is 6. The van der Waals surface area contributed by atoms with E-state index in [4.69, 9.17) is 21.1 Å². The van der Waals surface area contributed by atoms with Gasteiger partial charge in [-0.3, -0.25) is 19.3 Å². The molecule has 2 aromatic carbocycles. The molecule has 0 spiro atoms. The van der Waals surface area contributed by atoms with E-state index in [-0.39, 0.29) is 36.4 Å². The zero-order valence-electron chi connectivity index (χ0n) is 31.8. The van der Waals surface area contributed by atoms with Gasteiger partial charge >= 0.3 is 18.2 Å². The summed E-state index contributed by atoms with van der Waals surface area (Å²) in [6.07, 6.45) is 3.71. The third-order valence-corrected chi connectivity index (χ3v) is 12.2. The first-order valence-corrected chi connectivity index (χ1v) is 20.6. The molecule has 5 amide bonds. The van der Waals surface area contributed by atoms with E-state index in [1.807, 2.05) is 35.1 Å². The van der Waals surface area contributed by atoms with Crippen molar-refractivity contribution in [3.05, 3.63) is 76.3 Å². The Labute approximate surface area is 335 Å². The van der Waals surface area contributed by atoms with Crippen LogP contribution >= 0.6 is 11.6 Å². The van der Waals surface area contributed by atoms with Gasteiger partial charge in [-0.05, 0) is 75.8 Å². The number of hydrogen-bond donors (Lipinski definition) is 4. The van der Waals surface area contributed by atoms with Crippen molar-refractivity contribution in [1.82, 2.24) is 25.2 Å². The van der Waals surface area contributed by atoms with Crippen molar-refractivity contribution in [2.75, 3.05) is 6.54 Å². The van der Waals surface area contributed by atoms with Gasteiger partial charge in [0.15, 0.2) is 0 Å². The van der Waals surface area contributed by atoms with Gasteiger partial charge in [-0.1, -0.05) is 60.9 Å². The topological polar surface area (TPSA) is 218 Å². The van der Waals surface area contributed by atoms with Crippen molar-refractivity contribution in [2.45, 2.75) is 113 Å². The minimum atomic E-state index is -4.75. The van der Waals surface area contributed by atoms with E-state index in [1.165, 1.54) is 9.80 Å². The highest BCUT2D eigenvalue weighted by molar-refractivity contribution is 7.90. The summed E-state index contributed by atoms with van der Waals surface area (Å²) in [7, 11) is -4.75. The molecule has 1 aliphatic carbocycles. The lowest BCUT2D eigenvalue weighted by Crippen LogP contribution is -2.58. The molecule has 306 valence electrons. The summed E-state index contributed by atoms with van der Waals surface area (Å²) in [6.45, 7) is 5.48. The first kappa shape index (κ1) is 41.5. The Hall–Kier alpha value is -5.16. The number of carbonyl (C=O) groups excluding carboxylic acids is 5. The maximum absolute atomic E-state index is 14.4. The zero-order valence-corrected chi connectivity index (χ0v) is 33.4. The van der Waals surface area contributed by atoms with Gasteiger partial charge in [0.05, 0.1) is 17.1 Å². The van der Waals surface area contributed by atoms with E-state index in [1.54, 1.807) is 26.8 Å². The summed E-state index contributed by atoms with van der Waals surface area (Å²) >= 11 is 6.14. The number of alkyl carbamates (subject to hydrolysis) is 1. The second-order valence-corrected chi connectivity index (χ2v) is 17.9. The third-order valence-electron chi connectivity index (χ3n) is 10.4. The number of fused-ring (bicyclic) bond motifs is 3. The molecule has 0 bridgehead atoms. The lowest BCUT2D eigenvalue weighted by molar-refractivity contribution is -0.141. The van der Waals surface area contributed by atoms with Gasteiger partial charge in [0.25, 0.3) is 15.9 Å². The molecule has 0 radical (unpaired) electrons. The first-order chi connectivity index (χ1) is 26.9. The minimum absolute atomic E-state index is 0.0108. The molecule has 6 rings (SSSR count). The Bertz CT molecular complexity index is 2080. The normalized spacial score (nSPS) is 25.7. The van der Waals surface area contributed by atoms with E-state index in [0.717, 1.165) is 29.3 Å². The van der Waals surface area contributed by atoms with Crippen molar-refractivity contribution >= 4 is 57.5 Å². The molecular weight excluding hydrogens is 782 g/mol. The van der Waals surface area contributed by atoms with E-state index >= 15 is 0 Å². The summed E-state index contributed by atoms with van der Waals surface area (Å²) in [5, 5.41) is 14.5. The van der Waals surface area contributed by atoms with Crippen LogP contribution in [0.25, 0.3) is 0 Å². The molecule has 4 N–H and O–H groups in total. The Morgan fingerprint density at radius 3 is 2.39 bits per heavy atom. The smallest absolute Gasteiger partial charge is 0.410 e. The van der Waals surface area contributed by atoms with Crippen LogP contribution in [0.1, 0.15) is 87.2 Å². The fourth-order valence-electron chi connectivity index (χ4n) is 7.40. The number of halogens is 1. The largest absolute Gasteiger partial charge is 0.478 e. The second-order valence-electron chi connectivity index (χ2n) is 15.8. The first-order valence-electron chi connectivity index (χ1n) is 18.8. The Morgan fingerprint density at radius 1 is 1.02 bits per heavy atom. The van der Waals surface area contributed by atoms with Crippen LogP contribution in [0.2, 0.25) is 5.02 Å². The predicted molar refractivity (Wildman–Crippen MR) is 204 cm³/mol. The van der Waals surface area contributed by atoms with Crippen LogP contribution in [-0.2, 0) is 47.0 Å². The van der Waals surface area contributed by atoms with Crippen molar-refractivity contribution in [2.24, 2.45) is 5.92 Å². The highest BCUT2D eigenvalue weighted by atomic mass is 35.5. The van der Waals surface area contributed by atoms with Crippen LogP contribution in [0.15, 0.2) is 59.5 Å². The molecule has 57 heavy (non-hydrogen) atoms. The number of hydrogen-bond acceptors (Lipinski definition) is 10. The molecule has 4 aliphatic rings. The van der Waals surface area contributed by atoms with Gasteiger partial charge in [-0.2, -0.15) is 0 Å². The van der Waals surface area contributed by atoms with E-state index < -0.39 is 86.0 Å². The average molecular weight is 828 g/mol. The maximum atomic E-state index is 14.4. The Kier molecular flexibility index (Phi) is 11.9. The van der Waals surface area contributed by atoms with Crippen molar-refractivity contribution < 1.29 is 51.8 Å². The quantitative estimate of drug-likeness (QED) is 0.302. The molecule has 3 heterocycles. The number of carboxylic acids is 1. The number of ether oxygens (including phenoxy) is 2. The van der Waals surface area contributed by atoms with Crippen LogP contribution in [-0.4, -0.2) is 95.1 Å². The standard InChI is InChI=1S/C39H46ClN5O11S/c1-38(2,3)56-36(51)41-29-14-8-6-4-5-7-13-26-19-39(26,35(50)43-57(53,54)31-17-23(34(48)49)15-16-28(31)40)42-32(46)30-18-27(22-45(30)33(29)47)55-37(52)44-20-24-11-9-10-12-25(24)21-44/h7,9-13,15-17,26-27,29-30H,4-6,8,14,18-22H2,1-3H3,(H,41,51)(H,42,46)(H,43,50)(H,48,49)/b13-7-/t26-,27-,29+,30+,39-/m1/s1. The molecule has 18 heteroatoms. The molecule has 16 nitrogen and oxygen atoms in total. The fourth-order valence-corrected chi connectivity index (χ4v) is 8.97. The third kappa shape index (κ3) is 9.52. The molecule has 0 unspecified atom stereocenters. The summed E-state index contributed by atoms with van der Waals surface area (Å²) < 4.78 is 40.3. The summed E-state index contributed by atoms with van der Waals surface area (Å²) in [5.41, 5.74) is -1.09. The van der Waals surface area contributed by atoms with E-state index in [2.05, 4.69) is 10.6 Å². The van der Waals surface area contributed by atoms with Gasteiger partial charge in [-0.15, -0.1) is 0 Å². The highest BCUT2D eigenvalue weighted by Crippen LogP contribution is 2.46. The maximum Gasteiger partial charge on any atom is 0.410 e. The lowest BCUT2D eigenvalue weighted by Gasteiger charge is -2.30. The fraction of sp³-hybridized carbons (Fsp3) is 0.487. The Morgan fingerprint density at radius 2 is 1.72 bits per heavy atom. The molecule has 5 atom stereocenters. The zero-order chi connectivity index (χ0) is 41.3. The highest BCUT2D eigenvalue weighted by Gasteiger charge is 2.62. The van der Waals surface area contributed by atoms with Crippen LogP contribution in [0.5, 0.6) is 0 Å². The number of nitrogens with zero attached hydrogens (tertiary/aromatic N) is 2. The molecule has 2 aromatic rings. The lowest BCUT2D eigenvalue weighted by atomic mass is 10.0. The number of amides is 5. The molecule has 3 aliphatic heterocycles. The number of sulfonamides is 1. The Balaban J connectivity index is 1.28. The van der Waals surface area contributed by atoms with Gasteiger partial charge in [-0.25, -0.2) is 27.5 Å². The summed E-state index contributed by atoms with van der Waals surface area (Å²) in [5.74, 6) is -4.58. The van der Waals surface area contributed by atoms with Gasteiger partial charge in [0, 0.05) is 25.4 Å². The second kappa shape index (κ2) is 16.4. The molecule has 1 saturated carbocycles. The molecular formula is C39H46ClN5O11S. The minimum Gasteiger partial charge on any atom is -0.478 e. The summed E-state index contributed by atoms with van der Waals surface area (Å²) in [4.78, 5) is 82.8. The van der Waals surface area contributed by atoms with Crippen LogP contribution in [0.3, 0.4) is 0 Å². The molecule has 2 fully saturated rings. The number of carboxylic acid groups (broad SMARTS) is 1. The molecule has 0 aromatic heterocycles. The SMILES string of the molecule is CC(C)(C)OC(=O)N[C@H]1CCCCC/C=C\[C@@H]2C[C@@]2(C(=O)NS(=O)(=O)c2cc(C(=O)O)ccc2Cl)NC(=O)[C@@H]2C[C@@H](OC(=O)N3Cc4ccccc4C3)CN2C1=O. The van der Waals surface area contributed by atoms with Crippen LogP contribution < -0.4 is 15.4 Å². The number of aromatic carboxylic acids is 1. The number of benzene rings is 2. The number of rotatable bonds is 6. The molecule has 1 saturated heterocycles. The monoisotopic (exact) mass is 827 g/mol. The van der Waals surface area contributed by atoms with E-state index in [0.29, 0.717) is 38.8 Å². The van der Waals surface area contributed by atoms with Gasteiger partial charge in [0.1, 0.15) is 34.2 Å². The predicted octanol–water partition coefficient (Wildman–Crippen LogP) is 4.25. The van der Waals surface area contributed by atoms with E-state index in [9.17, 15) is 42.3 Å². The average Bonchev–Trinajstić information content (AvgIpc) is 3.43. The van der Waals surface area contributed by atoms with Gasteiger partial charge in [0.2, 0.25) is 11.8 Å². The van der Waals surface area contributed by atoms with Crippen LogP contribution in [0.4, 0.5) is 9.59 Å². The number of nitrogens with one attached hydrogen (secondary N) is 3. The van der Waals surface area contributed by atoms with Crippen LogP contribution in [0, 0.1) is 5.92 Å². The van der Waals surface area contributed by atoms with Crippen molar-refractivity contribution in [3.63, 3.8) is 0 Å². The van der Waals surface area contributed by atoms with Gasteiger partial charge < -0.3 is 30.1 Å². The van der Waals surface area contributed by atoms with Crippen molar-refractivity contribution in [1.29, 1.82) is 0 Å². The number of allylic oxidation sites excluding steroid dienone is 1.